The fourth-order valence-corrected chi connectivity index (χ4v) is 3.92. The molecule has 1 aliphatic rings. The minimum Gasteiger partial charge on any atom is -0.497 e. The number of hydrogen-bond acceptors (Lipinski definition) is 8. The molecule has 0 fully saturated rings. The molecule has 0 aliphatic carbocycles. The van der Waals surface area contributed by atoms with Gasteiger partial charge >= 0.3 is 0 Å². The van der Waals surface area contributed by atoms with Crippen molar-refractivity contribution in [2.45, 2.75) is 0 Å². The lowest BCUT2D eigenvalue weighted by Gasteiger charge is -2.26. The second-order valence-electron chi connectivity index (χ2n) is 7.11. The third-order valence-electron chi connectivity index (χ3n) is 4.70. The smallest absolute Gasteiger partial charge is 0.229 e. The van der Waals surface area contributed by atoms with Crippen molar-refractivity contribution >= 4 is 38.4 Å². The molecule has 0 saturated heterocycles. The van der Waals surface area contributed by atoms with Gasteiger partial charge in [-0.25, -0.2) is 18.4 Å². The first-order valence-electron chi connectivity index (χ1n) is 9.74. The highest BCUT2D eigenvalue weighted by molar-refractivity contribution is 7.88. The lowest BCUT2D eigenvalue weighted by atomic mass is 10.2. The number of allylic oxidation sites excluding steroid dienone is 2. The van der Waals surface area contributed by atoms with Crippen LogP contribution in [0.5, 0.6) is 11.5 Å². The number of anilines is 3. The summed E-state index contributed by atoms with van der Waals surface area (Å²) >= 11 is 0. The number of sulfonamides is 1. The van der Waals surface area contributed by atoms with E-state index in [0.717, 1.165) is 6.26 Å². The fraction of sp³-hybridized carbons (Fsp3) is 0.182. The maximum atomic E-state index is 11.7. The van der Waals surface area contributed by atoms with E-state index in [1.807, 2.05) is 41.4 Å². The maximum Gasteiger partial charge on any atom is 0.229 e. The van der Waals surface area contributed by atoms with Gasteiger partial charge in [0.2, 0.25) is 10.0 Å². The molecule has 9 nitrogen and oxygen atoms in total. The van der Waals surface area contributed by atoms with E-state index in [4.69, 9.17) is 19.4 Å². The van der Waals surface area contributed by atoms with Crippen molar-refractivity contribution in [1.82, 2.24) is 14.7 Å². The van der Waals surface area contributed by atoms with Gasteiger partial charge in [-0.05, 0) is 36.4 Å². The van der Waals surface area contributed by atoms with Crippen LogP contribution in [0.3, 0.4) is 0 Å². The van der Waals surface area contributed by atoms with E-state index < -0.39 is 10.0 Å². The van der Waals surface area contributed by atoms with Crippen molar-refractivity contribution < 1.29 is 17.9 Å². The first-order chi connectivity index (χ1) is 15.4. The van der Waals surface area contributed by atoms with Crippen molar-refractivity contribution in [3.8, 4) is 11.5 Å². The zero-order chi connectivity index (χ0) is 22.7. The van der Waals surface area contributed by atoms with Crippen LogP contribution in [-0.4, -0.2) is 45.4 Å². The van der Waals surface area contributed by atoms with Gasteiger partial charge in [0.05, 0.1) is 43.7 Å². The van der Waals surface area contributed by atoms with Crippen LogP contribution in [0.1, 0.15) is 0 Å². The first kappa shape index (κ1) is 21.4. The molecule has 1 aromatic heterocycles. The lowest BCUT2D eigenvalue weighted by Crippen LogP contribution is -2.32. The minimum atomic E-state index is -3.40. The molecule has 0 radical (unpaired) electrons. The molecule has 4 rings (SSSR count). The monoisotopic (exact) mass is 453 g/mol. The van der Waals surface area contributed by atoms with Gasteiger partial charge < -0.3 is 19.7 Å². The number of rotatable bonds is 7. The summed E-state index contributed by atoms with van der Waals surface area (Å²) in [6, 6.07) is 12.9. The molecule has 0 saturated carbocycles. The number of methoxy groups -OCH3 is 2. The SMILES string of the molecule is COc1ccc(OC)c(Nc2nc3ccccc3nc2N2C=CC=C(NS(C)(=O)=O)C2)c1. The summed E-state index contributed by atoms with van der Waals surface area (Å²) in [6.45, 7) is 0.278. The van der Waals surface area contributed by atoms with Gasteiger partial charge in [-0.15, -0.1) is 0 Å². The van der Waals surface area contributed by atoms with Crippen LogP contribution in [0, 0.1) is 0 Å². The Bertz CT molecular complexity index is 1320. The molecule has 0 spiro atoms. The Morgan fingerprint density at radius 3 is 2.47 bits per heavy atom. The number of nitrogens with zero attached hydrogens (tertiary/aromatic N) is 3. The molecule has 2 aromatic carbocycles. The highest BCUT2D eigenvalue weighted by Gasteiger charge is 2.20. The number of hydrogen-bond donors (Lipinski definition) is 2. The number of ether oxygens (including phenoxy) is 2. The summed E-state index contributed by atoms with van der Waals surface area (Å²) in [5.74, 6) is 2.29. The molecular formula is C22H23N5O4S. The Morgan fingerprint density at radius 2 is 1.78 bits per heavy atom. The third kappa shape index (κ3) is 4.75. The fourth-order valence-electron chi connectivity index (χ4n) is 3.32. The maximum absolute atomic E-state index is 11.7. The quantitative estimate of drug-likeness (QED) is 0.562. The summed E-state index contributed by atoms with van der Waals surface area (Å²) in [7, 11) is -0.224. The Kier molecular flexibility index (Phi) is 5.87. The zero-order valence-corrected chi connectivity index (χ0v) is 18.7. The highest BCUT2D eigenvalue weighted by Crippen LogP contribution is 2.35. The molecule has 32 heavy (non-hydrogen) atoms. The van der Waals surface area contributed by atoms with E-state index in [1.165, 1.54) is 0 Å². The first-order valence-corrected chi connectivity index (χ1v) is 11.6. The summed E-state index contributed by atoms with van der Waals surface area (Å²) in [6.07, 6.45) is 6.41. The molecule has 0 amide bonds. The van der Waals surface area contributed by atoms with Crippen molar-refractivity contribution in [3.05, 3.63) is 66.5 Å². The Balaban J connectivity index is 1.77. The number of para-hydroxylation sites is 2. The summed E-state index contributed by atoms with van der Waals surface area (Å²) in [5.41, 5.74) is 2.61. The van der Waals surface area contributed by atoms with Crippen molar-refractivity contribution in [3.63, 3.8) is 0 Å². The van der Waals surface area contributed by atoms with Gasteiger partial charge in [0.25, 0.3) is 0 Å². The van der Waals surface area contributed by atoms with Crippen LogP contribution < -0.4 is 24.4 Å². The molecule has 0 bridgehead atoms. The third-order valence-corrected chi connectivity index (χ3v) is 5.34. The van der Waals surface area contributed by atoms with Crippen LogP contribution in [0.15, 0.2) is 66.5 Å². The van der Waals surface area contributed by atoms with Crippen LogP contribution in [0.4, 0.5) is 17.3 Å². The van der Waals surface area contributed by atoms with E-state index in [0.29, 0.717) is 45.6 Å². The number of fused-ring (bicyclic) bond motifs is 1. The van der Waals surface area contributed by atoms with E-state index in [1.54, 1.807) is 38.5 Å². The van der Waals surface area contributed by atoms with Gasteiger partial charge in [-0.3, -0.25) is 4.72 Å². The summed E-state index contributed by atoms with van der Waals surface area (Å²) < 4.78 is 36.8. The molecule has 1 aliphatic heterocycles. The van der Waals surface area contributed by atoms with E-state index in [9.17, 15) is 8.42 Å². The van der Waals surface area contributed by atoms with Crippen molar-refractivity contribution in [2.24, 2.45) is 0 Å². The Hall–Kier alpha value is -3.79. The molecular weight excluding hydrogens is 430 g/mol. The minimum absolute atomic E-state index is 0.278. The van der Waals surface area contributed by atoms with Gasteiger partial charge in [-0.2, -0.15) is 0 Å². The van der Waals surface area contributed by atoms with Crippen LogP contribution >= 0.6 is 0 Å². The zero-order valence-electron chi connectivity index (χ0n) is 17.9. The Morgan fingerprint density at radius 1 is 1.03 bits per heavy atom. The standard InChI is InChI=1S/C22H23N5O4S/c1-30-16-10-11-20(31-2)19(13-16)24-21-22(25-18-9-5-4-8-17(18)23-21)27-12-6-7-15(14-27)26-32(3,28)29/h4-13,26H,14H2,1-3H3,(H,23,24). The van der Waals surface area contributed by atoms with Crippen LogP contribution in [0.2, 0.25) is 0 Å². The van der Waals surface area contributed by atoms with Gasteiger partial charge in [0, 0.05) is 18.0 Å². The predicted molar refractivity (Wildman–Crippen MR) is 125 cm³/mol. The molecule has 10 heteroatoms. The van der Waals surface area contributed by atoms with Gasteiger partial charge in [0.15, 0.2) is 11.6 Å². The molecule has 166 valence electrons. The average Bonchev–Trinajstić information content (AvgIpc) is 2.77. The Labute approximate surface area is 186 Å². The largest absolute Gasteiger partial charge is 0.497 e. The highest BCUT2D eigenvalue weighted by atomic mass is 32.2. The van der Waals surface area contributed by atoms with E-state index >= 15 is 0 Å². The van der Waals surface area contributed by atoms with Gasteiger partial charge in [-0.1, -0.05) is 12.1 Å². The summed E-state index contributed by atoms with van der Waals surface area (Å²) in [5, 5.41) is 3.31. The number of nitrogens with one attached hydrogen (secondary N) is 2. The van der Waals surface area contributed by atoms with Crippen LogP contribution in [-0.2, 0) is 10.0 Å². The van der Waals surface area contributed by atoms with Crippen molar-refractivity contribution in [2.75, 3.05) is 37.2 Å². The number of benzene rings is 2. The van der Waals surface area contributed by atoms with Crippen molar-refractivity contribution in [1.29, 1.82) is 0 Å². The molecule has 0 atom stereocenters. The molecule has 2 heterocycles. The molecule has 3 aromatic rings. The molecule has 2 N–H and O–H groups in total. The number of aromatic nitrogens is 2. The average molecular weight is 454 g/mol. The second kappa shape index (κ2) is 8.75. The second-order valence-corrected chi connectivity index (χ2v) is 8.86. The van der Waals surface area contributed by atoms with Crippen LogP contribution in [0.25, 0.3) is 11.0 Å². The van der Waals surface area contributed by atoms with Gasteiger partial charge in [0.1, 0.15) is 11.5 Å². The molecule has 0 unspecified atom stereocenters. The summed E-state index contributed by atoms with van der Waals surface area (Å²) in [4.78, 5) is 11.4. The predicted octanol–water partition coefficient (Wildman–Crippen LogP) is 3.16. The van der Waals surface area contributed by atoms with E-state index in [-0.39, 0.29) is 6.54 Å². The van der Waals surface area contributed by atoms with E-state index in [2.05, 4.69) is 10.0 Å². The topological polar surface area (TPSA) is 106 Å². The normalized spacial score (nSPS) is 13.6. The lowest BCUT2D eigenvalue weighted by molar-refractivity contribution is 0.405.